The molecule has 0 spiro atoms. The van der Waals surface area contributed by atoms with Gasteiger partial charge in [0.25, 0.3) is 0 Å². The number of carbonyl (C=O) groups is 2. The number of carboxylic acids is 1. The van der Waals surface area contributed by atoms with Crippen molar-refractivity contribution in [3.05, 3.63) is 70.4 Å². The van der Waals surface area contributed by atoms with Crippen LogP contribution in [0.2, 0.25) is 0 Å². The van der Waals surface area contributed by atoms with Gasteiger partial charge in [-0.05, 0) is 54.5 Å². The van der Waals surface area contributed by atoms with Gasteiger partial charge in [0.05, 0.1) is 11.1 Å². The van der Waals surface area contributed by atoms with Crippen LogP contribution in [0.5, 0.6) is 0 Å². The molecule has 0 aliphatic heterocycles. The maximum absolute atomic E-state index is 11.9. The highest BCUT2D eigenvalue weighted by molar-refractivity contribution is 6.04. The molecule has 1 amide bonds. The van der Waals surface area contributed by atoms with E-state index in [9.17, 15) is 14.7 Å². The minimum Gasteiger partial charge on any atom is -0.478 e. The van der Waals surface area contributed by atoms with Crippen LogP contribution in [0.3, 0.4) is 0 Å². The topological polar surface area (TPSA) is 85.3 Å². The number of hydrogen-bond acceptors (Lipinski definition) is 2. The number of aromatic nitrogens is 1. The molecule has 4 rings (SSSR count). The van der Waals surface area contributed by atoms with Crippen molar-refractivity contribution in [1.82, 2.24) is 4.57 Å². The van der Waals surface area contributed by atoms with E-state index in [2.05, 4.69) is 11.5 Å². The number of amides is 1. The van der Waals surface area contributed by atoms with Gasteiger partial charge in [-0.3, -0.25) is 4.79 Å². The smallest absolute Gasteiger partial charge is 0.337 e. The average Bonchev–Trinajstić information content (AvgIpc) is 3.24. The molecule has 5 nitrogen and oxygen atoms in total. The Labute approximate surface area is 170 Å². The Morgan fingerprint density at radius 1 is 1.17 bits per heavy atom. The molecule has 29 heavy (non-hydrogen) atoms. The number of benzene rings is 2. The van der Waals surface area contributed by atoms with Crippen molar-refractivity contribution in [1.29, 1.82) is 0 Å². The highest BCUT2D eigenvalue weighted by Gasteiger charge is 2.29. The van der Waals surface area contributed by atoms with Gasteiger partial charge in [-0.1, -0.05) is 44.0 Å². The van der Waals surface area contributed by atoms with E-state index >= 15 is 0 Å². The number of rotatable bonds is 7. The molecule has 150 valence electrons. The van der Waals surface area contributed by atoms with E-state index < -0.39 is 11.9 Å². The van der Waals surface area contributed by atoms with E-state index in [4.69, 9.17) is 5.73 Å². The Hall–Kier alpha value is -3.08. The predicted molar refractivity (Wildman–Crippen MR) is 113 cm³/mol. The van der Waals surface area contributed by atoms with E-state index in [0.717, 1.165) is 29.3 Å². The van der Waals surface area contributed by atoms with Crippen LogP contribution in [0.25, 0.3) is 10.9 Å². The fraction of sp³-hybridized carbons (Fsp3) is 0.333. The monoisotopic (exact) mass is 390 g/mol. The molecule has 2 aromatic carbocycles. The zero-order chi connectivity index (χ0) is 20.5. The second-order valence-corrected chi connectivity index (χ2v) is 8.00. The number of hydrogen-bond donors (Lipinski definition) is 2. The maximum atomic E-state index is 11.9. The fourth-order valence-corrected chi connectivity index (χ4v) is 4.68. The highest BCUT2D eigenvalue weighted by atomic mass is 16.4. The van der Waals surface area contributed by atoms with Crippen LogP contribution in [0, 0.1) is 5.92 Å². The van der Waals surface area contributed by atoms with Gasteiger partial charge in [0.1, 0.15) is 0 Å². The normalized spacial score (nSPS) is 15.6. The van der Waals surface area contributed by atoms with E-state index in [0.29, 0.717) is 23.6 Å². The van der Waals surface area contributed by atoms with Crippen molar-refractivity contribution < 1.29 is 14.7 Å². The van der Waals surface area contributed by atoms with Crippen molar-refractivity contribution in [3.63, 3.8) is 0 Å². The SMILES string of the molecule is CCCCC1Cc2c(n(Cc3cccc(C(N)=O)c3)c3c(C(=O)O)cccc23)C1. The molecule has 0 bridgehead atoms. The molecular formula is C24H26N2O3. The first-order valence-corrected chi connectivity index (χ1v) is 10.2. The molecule has 0 saturated heterocycles. The first kappa shape index (κ1) is 19.2. The van der Waals surface area contributed by atoms with Gasteiger partial charge in [-0.15, -0.1) is 0 Å². The van der Waals surface area contributed by atoms with Gasteiger partial charge in [-0.25, -0.2) is 4.79 Å². The Morgan fingerprint density at radius 3 is 2.69 bits per heavy atom. The third-order valence-electron chi connectivity index (χ3n) is 6.03. The zero-order valence-corrected chi connectivity index (χ0v) is 16.6. The number of nitrogens with two attached hydrogens (primary N) is 1. The largest absolute Gasteiger partial charge is 0.478 e. The van der Waals surface area contributed by atoms with Crippen molar-refractivity contribution in [2.24, 2.45) is 11.7 Å². The summed E-state index contributed by atoms with van der Waals surface area (Å²) in [6.07, 6.45) is 5.57. The minimum absolute atomic E-state index is 0.327. The number of aromatic carboxylic acids is 1. The van der Waals surface area contributed by atoms with Crippen LogP contribution < -0.4 is 5.73 Å². The fourth-order valence-electron chi connectivity index (χ4n) is 4.68. The van der Waals surface area contributed by atoms with Crippen molar-refractivity contribution in [2.75, 3.05) is 0 Å². The number of unbranched alkanes of at least 4 members (excludes halogenated alkanes) is 1. The molecule has 1 aliphatic rings. The molecule has 0 fully saturated rings. The summed E-state index contributed by atoms with van der Waals surface area (Å²) in [7, 11) is 0. The number of nitrogens with zero attached hydrogens (tertiary/aromatic N) is 1. The molecule has 1 unspecified atom stereocenters. The van der Waals surface area contributed by atoms with Gasteiger partial charge in [-0.2, -0.15) is 0 Å². The van der Waals surface area contributed by atoms with Crippen LogP contribution in [0.1, 0.15) is 63.7 Å². The second-order valence-electron chi connectivity index (χ2n) is 8.00. The van der Waals surface area contributed by atoms with E-state index in [-0.39, 0.29) is 0 Å². The van der Waals surface area contributed by atoms with Crippen molar-refractivity contribution in [2.45, 2.75) is 45.6 Å². The number of carboxylic acid groups (broad SMARTS) is 1. The molecule has 5 heteroatoms. The second kappa shape index (κ2) is 7.74. The standard InChI is InChI=1S/C24H26N2O3/c1-2-3-6-15-12-20-18-9-5-10-19(24(28)29)22(18)26(21(20)13-15)14-16-7-4-8-17(11-16)23(25)27/h4-5,7-11,15H,2-3,6,12-14H2,1H3,(H2,25,27)(H,28,29). The van der Waals surface area contributed by atoms with Crippen LogP contribution in [0.15, 0.2) is 42.5 Å². The molecule has 0 saturated carbocycles. The van der Waals surface area contributed by atoms with Crippen LogP contribution >= 0.6 is 0 Å². The average molecular weight is 390 g/mol. The van der Waals surface area contributed by atoms with Gasteiger partial charge < -0.3 is 15.4 Å². The number of primary amides is 1. The highest BCUT2D eigenvalue weighted by Crippen LogP contribution is 2.39. The summed E-state index contributed by atoms with van der Waals surface area (Å²) in [6.45, 7) is 2.74. The summed E-state index contributed by atoms with van der Waals surface area (Å²) in [5.41, 5.74) is 10.5. The lowest BCUT2D eigenvalue weighted by molar-refractivity contribution is 0.0698. The lowest BCUT2D eigenvalue weighted by atomic mass is 9.98. The summed E-state index contributed by atoms with van der Waals surface area (Å²) in [5.74, 6) is -0.761. The lowest BCUT2D eigenvalue weighted by Gasteiger charge is -2.14. The third-order valence-corrected chi connectivity index (χ3v) is 6.03. The summed E-state index contributed by atoms with van der Waals surface area (Å²) in [4.78, 5) is 23.5. The van der Waals surface area contributed by atoms with Crippen LogP contribution in [0.4, 0.5) is 0 Å². The lowest BCUT2D eigenvalue weighted by Crippen LogP contribution is -2.12. The minimum atomic E-state index is -0.915. The molecule has 1 aliphatic carbocycles. The molecule has 1 aromatic heterocycles. The molecule has 1 atom stereocenters. The van der Waals surface area contributed by atoms with Crippen molar-refractivity contribution >= 4 is 22.8 Å². The number of carbonyl (C=O) groups excluding carboxylic acids is 1. The predicted octanol–water partition coefficient (Wildman–Crippen LogP) is 4.39. The van der Waals surface area contributed by atoms with Crippen molar-refractivity contribution in [3.8, 4) is 0 Å². The summed E-state index contributed by atoms with van der Waals surface area (Å²) >= 11 is 0. The molecule has 3 aromatic rings. The van der Waals surface area contributed by atoms with Gasteiger partial charge >= 0.3 is 5.97 Å². The van der Waals surface area contributed by atoms with E-state index in [1.807, 2.05) is 24.3 Å². The van der Waals surface area contributed by atoms with E-state index in [1.54, 1.807) is 18.2 Å². The van der Waals surface area contributed by atoms with E-state index in [1.165, 1.54) is 30.5 Å². The zero-order valence-electron chi connectivity index (χ0n) is 16.6. The maximum Gasteiger partial charge on any atom is 0.337 e. The Morgan fingerprint density at radius 2 is 1.97 bits per heavy atom. The third kappa shape index (κ3) is 3.53. The Kier molecular flexibility index (Phi) is 5.14. The molecular weight excluding hydrogens is 364 g/mol. The Balaban J connectivity index is 1.83. The summed E-state index contributed by atoms with van der Waals surface area (Å²) < 4.78 is 2.15. The number of fused-ring (bicyclic) bond motifs is 3. The Bertz CT molecular complexity index is 1100. The van der Waals surface area contributed by atoms with Crippen LogP contribution in [-0.2, 0) is 19.4 Å². The van der Waals surface area contributed by atoms with Gasteiger partial charge in [0.15, 0.2) is 0 Å². The molecule has 1 heterocycles. The summed E-state index contributed by atoms with van der Waals surface area (Å²) in [5, 5.41) is 10.8. The first-order valence-electron chi connectivity index (χ1n) is 10.2. The van der Waals surface area contributed by atoms with Gasteiger partial charge in [0.2, 0.25) is 5.91 Å². The first-order chi connectivity index (χ1) is 14.0. The number of para-hydroxylation sites is 1. The molecule has 3 N–H and O–H groups in total. The van der Waals surface area contributed by atoms with Crippen LogP contribution in [-0.4, -0.2) is 21.6 Å². The molecule has 0 radical (unpaired) electrons. The summed E-state index contributed by atoms with van der Waals surface area (Å²) in [6, 6.07) is 12.8. The quantitative estimate of drug-likeness (QED) is 0.627. The van der Waals surface area contributed by atoms with Gasteiger partial charge in [0, 0.05) is 23.2 Å².